The Labute approximate surface area is 146 Å². The molecule has 0 saturated heterocycles. The molecule has 0 aliphatic heterocycles. The van der Waals surface area contributed by atoms with Gasteiger partial charge in [-0.05, 0) is 48.9 Å². The molecule has 0 unspecified atom stereocenters. The first-order valence-electron chi connectivity index (χ1n) is 7.13. The maximum absolute atomic E-state index is 12.3. The topological polar surface area (TPSA) is 55.4 Å². The second-order valence-electron chi connectivity index (χ2n) is 4.91. The summed E-state index contributed by atoms with van der Waals surface area (Å²) >= 11 is 11.7. The van der Waals surface area contributed by atoms with Crippen molar-refractivity contribution in [1.29, 1.82) is 0 Å². The van der Waals surface area contributed by atoms with Crippen molar-refractivity contribution in [3.8, 4) is 5.75 Å². The first-order valence-corrected chi connectivity index (χ1v) is 9.37. The minimum Gasteiger partial charge on any atom is -0.494 e. The smallest absolute Gasteiger partial charge is 0.261 e. The largest absolute Gasteiger partial charge is 0.494 e. The molecular formula is C16H17Cl2NO3S. The summed E-state index contributed by atoms with van der Waals surface area (Å²) in [6.45, 7) is 2.69. The molecule has 0 radical (unpaired) electrons. The van der Waals surface area contributed by atoms with Crippen LogP contribution in [0.15, 0.2) is 47.4 Å². The van der Waals surface area contributed by atoms with E-state index in [-0.39, 0.29) is 9.92 Å². The lowest BCUT2D eigenvalue weighted by atomic mass is 10.3. The van der Waals surface area contributed by atoms with Crippen molar-refractivity contribution in [2.45, 2.75) is 24.7 Å². The van der Waals surface area contributed by atoms with E-state index in [1.807, 2.05) is 0 Å². The van der Waals surface area contributed by atoms with Crippen molar-refractivity contribution >= 4 is 38.9 Å². The van der Waals surface area contributed by atoms with Gasteiger partial charge in [0.1, 0.15) is 5.75 Å². The van der Waals surface area contributed by atoms with Crippen LogP contribution in [0.3, 0.4) is 0 Å². The lowest BCUT2D eigenvalue weighted by Crippen LogP contribution is -2.12. The highest BCUT2D eigenvalue weighted by Gasteiger charge is 2.14. The Hall–Kier alpha value is -1.43. The molecule has 0 aliphatic rings. The van der Waals surface area contributed by atoms with E-state index in [2.05, 4.69) is 11.6 Å². The third-order valence-corrected chi connectivity index (χ3v) is 5.21. The second kappa shape index (κ2) is 7.90. The van der Waals surface area contributed by atoms with Crippen LogP contribution in [0.1, 0.15) is 19.8 Å². The van der Waals surface area contributed by atoms with Gasteiger partial charge in [-0.3, -0.25) is 4.72 Å². The van der Waals surface area contributed by atoms with Gasteiger partial charge >= 0.3 is 0 Å². The van der Waals surface area contributed by atoms with Crippen molar-refractivity contribution in [3.05, 3.63) is 52.5 Å². The molecule has 0 aliphatic carbocycles. The standard InChI is InChI=1S/C16H17Cl2NO3S/c1-2-3-10-22-13-5-7-14(8-6-13)23(20,21)19-12-4-9-15(17)16(18)11-12/h4-9,11,19H,2-3,10H2,1H3. The van der Waals surface area contributed by atoms with Gasteiger partial charge < -0.3 is 4.74 Å². The Kier molecular flexibility index (Phi) is 6.16. The maximum Gasteiger partial charge on any atom is 0.261 e. The summed E-state index contributed by atoms with van der Waals surface area (Å²) in [5.74, 6) is 0.645. The molecule has 0 amide bonds. The number of unbranched alkanes of at least 4 members (excludes halogenated alkanes) is 1. The number of ether oxygens (including phenoxy) is 1. The Bertz CT molecular complexity index is 761. The Balaban J connectivity index is 2.11. The summed E-state index contributed by atoms with van der Waals surface area (Å²) in [7, 11) is -3.69. The fourth-order valence-corrected chi connectivity index (χ4v) is 3.17. The number of anilines is 1. The molecule has 0 heterocycles. The number of rotatable bonds is 7. The Morgan fingerprint density at radius 1 is 1.04 bits per heavy atom. The third kappa shape index (κ3) is 5.03. The molecule has 0 atom stereocenters. The highest BCUT2D eigenvalue weighted by Crippen LogP contribution is 2.26. The SMILES string of the molecule is CCCCOc1ccc(S(=O)(=O)Nc2ccc(Cl)c(Cl)c2)cc1. The number of benzene rings is 2. The van der Waals surface area contributed by atoms with Crippen LogP contribution < -0.4 is 9.46 Å². The van der Waals surface area contributed by atoms with Gasteiger partial charge in [-0.1, -0.05) is 36.5 Å². The molecule has 0 aromatic heterocycles. The van der Waals surface area contributed by atoms with Crippen LogP contribution in [-0.2, 0) is 10.0 Å². The zero-order valence-electron chi connectivity index (χ0n) is 12.6. The minimum absolute atomic E-state index is 0.145. The highest BCUT2D eigenvalue weighted by atomic mass is 35.5. The predicted molar refractivity (Wildman–Crippen MR) is 94.1 cm³/mol. The predicted octanol–water partition coefficient (Wildman–Crippen LogP) is 4.97. The molecule has 2 aromatic rings. The summed E-state index contributed by atoms with van der Waals surface area (Å²) in [5, 5.41) is 0.648. The van der Waals surface area contributed by atoms with E-state index in [9.17, 15) is 8.42 Å². The molecule has 0 fully saturated rings. The number of hydrogen-bond donors (Lipinski definition) is 1. The molecule has 0 spiro atoms. The zero-order valence-corrected chi connectivity index (χ0v) is 14.9. The molecule has 7 heteroatoms. The van der Waals surface area contributed by atoms with Gasteiger partial charge in [0.25, 0.3) is 10.0 Å². The van der Waals surface area contributed by atoms with Crippen molar-refractivity contribution < 1.29 is 13.2 Å². The van der Waals surface area contributed by atoms with Crippen LogP contribution in [-0.4, -0.2) is 15.0 Å². The molecule has 1 N–H and O–H groups in total. The van der Waals surface area contributed by atoms with Gasteiger partial charge in [0.2, 0.25) is 0 Å². The van der Waals surface area contributed by atoms with Gasteiger partial charge in [0.15, 0.2) is 0 Å². The van der Waals surface area contributed by atoms with Gasteiger partial charge in [-0.25, -0.2) is 8.42 Å². The molecule has 2 aromatic carbocycles. The van der Waals surface area contributed by atoms with Crippen LogP contribution in [0.4, 0.5) is 5.69 Å². The van der Waals surface area contributed by atoms with Gasteiger partial charge in [0.05, 0.1) is 27.2 Å². The first-order chi connectivity index (χ1) is 10.9. The minimum atomic E-state index is -3.69. The average molecular weight is 374 g/mol. The maximum atomic E-state index is 12.3. The molecule has 2 rings (SSSR count). The van der Waals surface area contributed by atoms with E-state index in [0.717, 1.165) is 12.8 Å². The van der Waals surface area contributed by atoms with E-state index in [1.54, 1.807) is 18.2 Å². The summed E-state index contributed by atoms with van der Waals surface area (Å²) in [4.78, 5) is 0.145. The first kappa shape index (κ1) is 17.9. The van der Waals surface area contributed by atoms with E-state index in [0.29, 0.717) is 23.1 Å². The number of hydrogen-bond acceptors (Lipinski definition) is 3. The molecular weight excluding hydrogens is 357 g/mol. The van der Waals surface area contributed by atoms with Gasteiger partial charge in [-0.2, -0.15) is 0 Å². The Morgan fingerprint density at radius 3 is 2.35 bits per heavy atom. The van der Waals surface area contributed by atoms with E-state index in [1.165, 1.54) is 24.3 Å². The summed E-state index contributed by atoms with van der Waals surface area (Å²) in [5.41, 5.74) is 0.350. The van der Waals surface area contributed by atoms with E-state index in [4.69, 9.17) is 27.9 Å². The van der Waals surface area contributed by atoms with E-state index < -0.39 is 10.0 Å². The molecule has 4 nitrogen and oxygen atoms in total. The van der Waals surface area contributed by atoms with E-state index >= 15 is 0 Å². The third-order valence-electron chi connectivity index (χ3n) is 3.07. The molecule has 124 valence electrons. The van der Waals surface area contributed by atoms with Crippen LogP contribution in [0.2, 0.25) is 10.0 Å². The molecule has 23 heavy (non-hydrogen) atoms. The van der Waals surface area contributed by atoms with Crippen molar-refractivity contribution in [2.75, 3.05) is 11.3 Å². The average Bonchev–Trinajstić information content (AvgIpc) is 2.51. The van der Waals surface area contributed by atoms with Crippen LogP contribution >= 0.6 is 23.2 Å². The van der Waals surface area contributed by atoms with Crippen molar-refractivity contribution in [1.82, 2.24) is 0 Å². The molecule has 0 bridgehead atoms. The highest BCUT2D eigenvalue weighted by molar-refractivity contribution is 7.92. The van der Waals surface area contributed by atoms with Gasteiger partial charge in [-0.15, -0.1) is 0 Å². The summed E-state index contributed by atoms with van der Waals surface area (Å²) in [6.07, 6.45) is 2.00. The lowest BCUT2D eigenvalue weighted by Gasteiger charge is -2.10. The van der Waals surface area contributed by atoms with Crippen molar-refractivity contribution in [2.24, 2.45) is 0 Å². The molecule has 0 saturated carbocycles. The quantitative estimate of drug-likeness (QED) is 0.696. The van der Waals surface area contributed by atoms with Crippen LogP contribution in [0.25, 0.3) is 0 Å². The summed E-state index contributed by atoms with van der Waals surface area (Å²) in [6, 6.07) is 10.8. The monoisotopic (exact) mass is 373 g/mol. The second-order valence-corrected chi connectivity index (χ2v) is 7.40. The summed E-state index contributed by atoms with van der Waals surface area (Å²) < 4.78 is 32.7. The number of sulfonamides is 1. The van der Waals surface area contributed by atoms with Crippen LogP contribution in [0.5, 0.6) is 5.75 Å². The number of nitrogens with one attached hydrogen (secondary N) is 1. The van der Waals surface area contributed by atoms with Crippen LogP contribution in [0, 0.1) is 0 Å². The lowest BCUT2D eigenvalue weighted by molar-refractivity contribution is 0.309. The fourth-order valence-electron chi connectivity index (χ4n) is 1.82. The Morgan fingerprint density at radius 2 is 1.74 bits per heavy atom. The van der Waals surface area contributed by atoms with Gasteiger partial charge in [0, 0.05) is 0 Å². The normalized spacial score (nSPS) is 11.3. The fraction of sp³-hybridized carbons (Fsp3) is 0.250. The number of halogens is 2. The van der Waals surface area contributed by atoms with Crippen molar-refractivity contribution in [3.63, 3.8) is 0 Å². The zero-order chi connectivity index (χ0) is 16.9.